The highest BCUT2D eigenvalue weighted by atomic mass is 16.3. The predicted molar refractivity (Wildman–Crippen MR) is 75.7 cm³/mol. The quantitative estimate of drug-likeness (QED) is 0.881. The van der Waals surface area contributed by atoms with Gasteiger partial charge in [0.2, 0.25) is 0 Å². The highest BCUT2D eigenvalue weighted by Crippen LogP contribution is 2.32. The molecule has 0 saturated heterocycles. The molecule has 0 spiro atoms. The van der Waals surface area contributed by atoms with Gasteiger partial charge in [-0.3, -0.25) is 4.90 Å². The molecule has 0 radical (unpaired) electrons. The third-order valence-corrected chi connectivity index (χ3v) is 3.63. The molecule has 1 unspecified atom stereocenters. The van der Waals surface area contributed by atoms with Crippen LogP contribution in [0.2, 0.25) is 0 Å². The third-order valence-electron chi connectivity index (χ3n) is 3.63. The second-order valence-electron chi connectivity index (χ2n) is 4.54. The summed E-state index contributed by atoms with van der Waals surface area (Å²) in [6, 6.07) is 8.43. The third kappa shape index (κ3) is 2.16. The Kier molecular flexibility index (Phi) is 4.04. The van der Waals surface area contributed by atoms with Crippen LogP contribution >= 0.6 is 0 Å². The fourth-order valence-electron chi connectivity index (χ4n) is 2.72. The molecule has 98 valence electrons. The highest BCUT2D eigenvalue weighted by molar-refractivity contribution is 5.82. The van der Waals surface area contributed by atoms with Gasteiger partial charge in [-0.05, 0) is 26.1 Å². The van der Waals surface area contributed by atoms with Crippen LogP contribution in [0.25, 0.3) is 11.0 Å². The molecule has 18 heavy (non-hydrogen) atoms. The van der Waals surface area contributed by atoms with Gasteiger partial charge < -0.3 is 10.2 Å². The van der Waals surface area contributed by atoms with E-state index in [-0.39, 0.29) is 6.04 Å². The van der Waals surface area contributed by atoms with E-state index < -0.39 is 0 Å². The minimum absolute atomic E-state index is 0.239. The molecule has 0 aliphatic rings. The van der Waals surface area contributed by atoms with E-state index in [1.807, 2.05) is 19.1 Å². The number of benzene rings is 1. The van der Waals surface area contributed by atoms with Gasteiger partial charge in [0.05, 0.1) is 6.04 Å². The van der Waals surface area contributed by atoms with Gasteiger partial charge in [-0.25, -0.2) is 0 Å². The van der Waals surface area contributed by atoms with Crippen molar-refractivity contribution >= 4 is 11.0 Å². The first-order valence-electron chi connectivity index (χ1n) is 6.65. The summed E-state index contributed by atoms with van der Waals surface area (Å²) < 4.78 is 5.84. The van der Waals surface area contributed by atoms with Crippen LogP contribution in [0.3, 0.4) is 0 Å². The molecule has 2 aromatic rings. The lowest BCUT2D eigenvalue weighted by molar-refractivity contribution is 0.223. The van der Waals surface area contributed by atoms with Crippen molar-refractivity contribution in [1.82, 2.24) is 4.90 Å². The number of aryl methyl sites for hydroxylation is 1. The molecule has 0 fully saturated rings. The van der Waals surface area contributed by atoms with E-state index in [1.54, 1.807) is 0 Å². The number of likely N-dealkylation sites (N-methyl/N-ethyl adjacent to an activating group) is 1. The summed E-state index contributed by atoms with van der Waals surface area (Å²) in [6.07, 6.45) is 0. The lowest BCUT2D eigenvalue weighted by Gasteiger charge is -2.28. The van der Waals surface area contributed by atoms with E-state index in [9.17, 15) is 0 Å². The van der Waals surface area contributed by atoms with Gasteiger partial charge in [-0.1, -0.05) is 32.0 Å². The number of hydrogen-bond donors (Lipinski definition) is 1. The first-order chi connectivity index (χ1) is 8.72. The van der Waals surface area contributed by atoms with Crippen molar-refractivity contribution in [2.45, 2.75) is 26.8 Å². The summed E-state index contributed by atoms with van der Waals surface area (Å²) in [4.78, 5) is 2.38. The van der Waals surface area contributed by atoms with Crippen molar-refractivity contribution in [3.8, 4) is 0 Å². The maximum atomic E-state index is 5.99. The molecule has 3 nitrogen and oxygen atoms in total. The second kappa shape index (κ2) is 5.55. The molecular formula is C15H22N2O. The molecule has 0 saturated carbocycles. The number of para-hydroxylation sites is 1. The second-order valence-corrected chi connectivity index (χ2v) is 4.54. The fourth-order valence-corrected chi connectivity index (χ4v) is 2.72. The van der Waals surface area contributed by atoms with Crippen molar-refractivity contribution < 1.29 is 4.42 Å². The Morgan fingerprint density at radius 2 is 1.89 bits per heavy atom. The van der Waals surface area contributed by atoms with Crippen molar-refractivity contribution in [2.75, 3.05) is 19.6 Å². The molecule has 2 N–H and O–H groups in total. The Balaban J connectivity index is 2.53. The minimum atomic E-state index is 0.239. The molecule has 1 aromatic carbocycles. The van der Waals surface area contributed by atoms with Gasteiger partial charge in [0.15, 0.2) is 0 Å². The zero-order chi connectivity index (χ0) is 13.1. The SMILES string of the molecule is CCN(CC)C(CN)c1c(C)oc2ccccc12. The molecule has 1 atom stereocenters. The van der Waals surface area contributed by atoms with E-state index in [2.05, 4.69) is 30.9 Å². The number of nitrogens with zero attached hydrogens (tertiary/aromatic N) is 1. The van der Waals surface area contributed by atoms with Crippen LogP contribution in [0.1, 0.15) is 31.2 Å². The summed E-state index contributed by atoms with van der Waals surface area (Å²) in [5.41, 5.74) is 8.19. The number of fused-ring (bicyclic) bond motifs is 1. The van der Waals surface area contributed by atoms with Crippen molar-refractivity contribution in [3.63, 3.8) is 0 Å². The van der Waals surface area contributed by atoms with Gasteiger partial charge in [-0.15, -0.1) is 0 Å². The molecule has 0 bridgehead atoms. The molecule has 1 aromatic heterocycles. The highest BCUT2D eigenvalue weighted by Gasteiger charge is 2.23. The Morgan fingerprint density at radius 1 is 1.22 bits per heavy atom. The maximum Gasteiger partial charge on any atom is 0.134 e. The van der Waals surface area contributed by atoms with E-state index in [1.165, 1.54) is 10.9 Å². The largest absolute Gasteiger partial charge is 0.461 e. The average molecular weight is 246 g/mol. The van der Waals surface area contributed by atoms with Gasteiger partial charge in [0, 0.05) is 17.5 Å². The summed E-state index contributed by atoms with van der Waals surface area (Å²) in [5, 5.41) is 1.19. The Morgan fingerprint density at radius 3 is 2.50 bits per heavy atom. The standard InChI is InChI=1S/C15H22N2O/c1-4-17(5-2)13(10-16)15-11(3)18-14-9-7-6-8-12(14)15/h6-9,13H,4-5,10,16H2,1-3H3. The van der Waals surface area contributed by atoms with Crippen LogP contribution in [0.5, 0.6) is 0 Å². The molecule has 2 rings (SSSR count). The summed E-state index contributed by atoms with van der Waals surface area (Å²) >= 11 is 0. The zero-order valence-corrected chi connectivity index (χ0v) is 11.4. The number of rotatable bonds is 5. The van der Waals surface area contributed by atoms with Crippen LogP contribution in [0.15, 0.2) is 28.7 Å². The van der Waals surface area contributed by atoms with E-state index in [0.717, 1.165) is 24.4 Å². The normalized spacial score (nSPS) is 13.4. The number of hydrogen-bond acceptors (Lipinski definition) is 3. The van der Waals surface area contributed by atoms with Crippen molar-refractivity contribution in [3.05, 3.63) is 35.6 Å². The van der Waals surface area contributed by atoms with Gasteiger partial charge in [-0.2, -0.15) is 0 Å². The monoisotopic (exact) mass is 246 g/mol. The Hall–Kier alpha value is -1.32. The van der Waals surface area contributed by atoms with Crippen LogP contribution in [0, 0.1) is 6.92 Å². The maximum absolute atomic E-state index is 5.99. The number of furan rings is 1. The summed E-state index contributed by atoms with van der Waals surface area (Å²) in [5.74, 6) is 0.985. The predicted octanol–water partition coefficient (Wildman–Crippen LogP) is 3.08. The molecular weight excluding hydrogens is 224 g/mol. The van der Waals surface area contributed by atoms with Crippen LogP contribution in [-0.4, -0.2) is 24.5 Å². The first-order valence-corrected chi connectivity index (χ1v) is 6.65. The molecule has 0 aliphatic carbocycles. The van der Waals surface area contributed by atoms with Gasteiger partial charge >= 0.3 is 0 Å². The molecule has 3 heteroatoms. The van der Waals surface area contributed by atoms with Gasteiger partial charge in [0.1, 0.15) is 11.3 Å². The van der Waals surface area contributed by atoms with Crippen LogP contribution in [-0.2, 0) is 0 Å². The van der Waals surface area contributed by atoms with E-state index >= 15 is 0 Å². The zero-order valence-electron chi connectivity index (χ0n) is 11.4. The lowest BCUT2D eigenvalue weighted by Crippen LogP contribution is -2.33. The molecule has 1 heterocycles. The topological polar surface area (TPSA) is 42.4 Å². The lowest BCUT2D eigenvalue weighted by atomic mass is 10.0. The summed E-state index contributed by atoms with van der Waals surface area (Å²) in [6.45, 7) is 8.98. The molecule has 0 amide bonds. The van der Waals surface area contributed by atoms with Crippen molar-refractivity contribution in [1.29, 1.82) is 0 Å². The fraction of sp³-hybridized carbons (Fsp3) is 0.467. The van der Waals surface area contributed by atoms with Crippen LogP contribution < -0.4 is 5.73 Å². The van der Waals surface area contributed by atoms with Gasteiger partial charge in [0.25, 0.3) is 0 Å². The van der Waals surface area contributed by atoms with Crippen molar-refractivity contribution in [2.24, 2.45) is 5.73 Å². The number of nitrogens with two attached hydrogens (primary N) is 1. The summed E-state index contributed by atoms with van der Waals surface area (Å²) in [7, 11) is 0. The van der Waals surface area contributed by atoms with E-state index in [0.29, 0.717) is 6.54 Å². The Bertz CT molecular complexity index is 514. The first kappa shape index (κ1) is 13.1. The minimum Gasteiger partial charge on any atom is -0.461 e. The molecule has 0 aliphatic heterocycles. The van der Waals surface area contributed by atoms with Crippen LogP contribution in [0.4, 0.5) is 0 Å². The Labute approximate surface area is 109 Å². The smallest absolute Gasteiger partial charge is 0.134 e. The van der Waals surface area contributed by atoms with E-state index in [4.69, 9.17) is 10.2 Å². The average Bonchev–Trinajstić information content (AvgIpc) is 2.72.